The Hall–Kier alpha value is -1.65. The Morgan fingerprint density at radius 2 is 2.00 bits per heavy atom. The summed E-state index contributed by atoms with van der Waals surface area (Å²) < 4.78 is 5.46. The van der Waals surface area contributed by atoms with E-state index in [0.29, 0.717) is 0 Å². The van der Waals surface area contributed by atoms with Gasteiger partial charge in [0.05, 0.1) is 25.7 Å². The molecule has 1 unspecified atom stereocenters. The molecule has 1 rings (SSSR count). The summed E-state index contributed by atoms with van der Waals surface area (Å²) >= 11 is 0. The van der Waals surface area contributed by atoms with E-state index in [1.54, 1.807) is 12.2 Å². The van der Waals surface area contributed by atoms with E-state index in [0.717, 1.165) is 5.56 Å². The number of aliphatic hydroxyl groups is 1. The van der Waals surface area contributed by atoms with Crippen molar-refractivity contribution in [3.05, 3.63) is 48.0 Å². The van der Waals surface area contributed by atoms with E-state index >= 15 is 0 Å². The number of hydrogen-bond acceptors (Lipinski definition) is 3. The Balaban J connectivity index is 2.61. The number of carbonyl (C=O) groups is 1. The number of rotatable bonds is 7. The fourth-order valence-electron chi connectivity index (χ4n) is 1.41. The first-order chi connectivity index (χ1) is 8.24. The lowest BCUT2D eigenvalue weighted by Gasteiger charge is -2.15. The molecular weight excluding hydrogens is 220 g/mol. The molecule has 0 heterocycles. The summed E-state index contributed by atoms with van der Waals surface area (Å²) in [6.07, 6.45) is 2.69. The van der Waals surface area contributed by atoms with Gasteiger partial charge in [-0.25, -0.2) is 0 Å². The molecule has 1 aromatic rings. The van der Waals surface area contributed by atoms with Crippen molar-refractivity contribution in [2.45, 2.75) is 12.5 Å². The molecular formula is C13H16O4. The van der Waals surface area contributed by atoms with Crippen molar-refractivity contribution in [3.63, 3.8) is 0 Å². The second-order valence-corrected chi connectivity index (χ2v) is 3.48. The lowest BCUT2D eigenvalue weighted by Crippen LogP contribution is -2.10. The Labute approximate surface area is 100 Å². The van der Waals surface area contributed by atoms with Gasteiger partial charge in [0, 0.05) is 0 Å². The molecule has 0 amide bonds. The third-order valence-electron chi connectivity index (χ3n) is 2.20. The highest BCUT2D eigenvalue weighted by Crippen LogP contribution is 2.20. The fourth-order valence-corrected chi connectivity index (χ4v) is 1.41. The molecule has 0 radical (unpaired) electrons. The lowest BCUT2D eigenvalue weighted by atomic mass is 10.1. The lowest BCUT2D eigenvalue weighted by molar-refractivity contribution is -0.140. The summed E-state index contributed by atoms with van der Waals surface area (Å²) in [5.41, 5.74) is 0.840. The van der Waals surface area contributed by atoms with Crippen LogP contribution in [0.3, 0.4) is 0 Å². The highest BCUT2D eigenvalue weighted by molar-refractivity contribution is 5.67. The molecule has 0 saturated heterocycles. The molecule has 0 aromatic heterocycles. The highest BCUT2D eigenvalue weighted by atomic mass is 16.5. The topological polar surface area (TPSA) is 66.8 Å². The van der Waals surface area contributed by atoms with Crippen LogP contribution in [0.15, 0.2) is 42.5 Å². The maximum atomic E-state index is 10.7. The predicted molar refractivity (Wildman–Crippen MR) is 63.6 cm³/mol. The molecule has 92 valence electrons. The van der Waals surface area contributed by atoms with Gasteiger partial charge in [0.15, 0.2) is 0 Å². The van der Waals surface area contributed by atoms with E-state index in [9.17, 15) is 4.79 Å². The second-order valence-electron chi connectivity index (χ2n) is 3.48. The zero-order valence-corrected chi connectivity index (χ0v) is 9.45. The standard InChI is InChI=1S/C13H16O4/c14-8-4-5-9-17-12(10-13(15)16)11-6-2-1-3-7-11/h1-7,12,14H,8-10H2,(H,15,16)/b5-4-. The Kier molecular flexibility index (Phi) is 5.99. The van der Waals surface area contributed by atoms with Crippen LogP contribution in [0.5, 0.6) is 0 Å². The van der Waals surface area contributed by atoms with E-state index in [2.05, 4.69) is 0 Å². The van der Waals surface area contributed by atoms with Crippen LogP contribution in [-0.4, -0.2) is 29.4 Å². The first-order valence-corrected chi connectivity index (χ1v) is 5.38. The molecule has 0 fully saturated rings. The zero-order valence-electron chi connectivity index (χ0n) is 9.45. The largest absolute Gasteiger partial charge is 0.481 e. The van der Waals surface area contributed by atoms with Gasteiger partial charge in [-0.05, 0) is 5.56 Å². The fraction of sp³-hybridized carbons (Fsp3) is 0.308. The molecule has 0 aliphatic heterocycles. The number of carboxylic acids is 1. The normalized spacial score (nSPS) is 12.8. The van der Waals surface area contributed by atoms with Gasteiger partial charge in [-0.1, -0.05) is 42.5 Å². The monoisotopic (exact) mass is 236 g/mol. The van der Waals surface area contributed by atoms with Crippen LogP contribution >= 0.6 is 0 Å². The van der Waals surface area contributed by atoms with Crippen molar-refractivity contribution in [1.29, 1.82) is 0 Å². The van der Waals surface area contributed by atoms with E-state index in [-0.39, 0.29) is 19.6 Å². The third kappa shape index (κ3) is 5.29. The summed E-state index contributed by atoms with van der Waals surface area (Å²) in [7, 11) is 0. The van der Waals surface area contributed by atoms with Crippen LogP contribution in [0.2, 0.25) is 0 Å². The molecule has 0 saturated carbocycles. The van der Waals surface area contributed by atoms with Crippen LogP contribution in [0.1, 0.15) is 18.1 Å². The van der Waals surface area contributed by atoms with Gasteiger partial charge in [-0.15, -0.1) is 0 Å². The smallest absolute Gasteiger partial charge is 0.306 e. The summed E-state index contributed by atoms with van der Waals surface area (Å²) in [4.78, 5) is 10.7. The molecule has 1 aromatic carbocycles. The predicted octanol–water partition coefficient (Wildman–Crippen LogP) is 1.77. The molecule has 4 nitrogen and oxygen atoms in total. The van der Waals surface area contributed by atoms with Crippen molar-refractivity contribution < 1.29 is 19.7 Å². The van der Waals surface area contributed by atoms with Crippen molar-refractivity contribution >= 4 is 5.97 Å². The van der Waals surface area contributed by atoms with Crippen LogP contribution in [-0.2, 0) is 9.53 Å². The van der Waals surface area contributed by atoms with E-state index in [1.165, 1.54) is 0 Å². The summed E-state index contributed by atoms with van der Waals surface area (Å²) in [6, 6.07) is 9.23. The maximum absolute atomic E-state index is 10.7. The molecule has 0 bridgehead atoms. The summed E-state index contributed by atoms with van der Waals surface area (Å²) in [6.45, 7) is 0.242. The number of benzene rings is 1. The van der Waals surface area contributed by atoms with Crippen LogP contribution in [0.25, 0.3) is 0 Å². The van der Waals surface area contributed by atoms with Crippen molar-refractivity contribution in [1.82, 2.24) is 0 Å². The van der Waals surface area contributed by atoms with Gasteiger partial charge in [-0.2, -0.15) is 0 Å². The summed E-state index contributed by atoms with van der Waals surface area (Å²) in [5, 5.41) is 17.4. The number of carboxylic acid groups (broad SMARTS) is 1. The quantitative estimate of drug-likeness (QED) is 0.708. The van der Waals surface area contributed by atoms with Gasteiger partial charge < -0.3 is 14.9 Å². The van der Waals surface area contributed by atoms with Crippen molar-refractivity contribution in [2.24, 2.45) is 0 Å². The van der Waals surface area contributed by atoms with Crippen LogP contribution in [0.4, 0.5) is 0 Å². The van der Waals surface area contributed by atoms with Gasteiger partial charge >= 0.3 is 5.97 Å². The minimum absolute atomic E-state index is 0.0434. The average Bonchev–Trinajstić information content (AvgIpc) is 2.34. The third-order valence-corrected chi connectivity index (χ3v) is 2.20. The molecule has 0 aliphatic carbocycles. The van der Waals surface area contributed by atoms with Gasteiger partial charge in [0.2, 0.25) is 0 Å². The van der Waals surface area contributed by atoms with E-state index < -0.39 is 12.1 Å². The van der Waals surface area contributed by atoms with Gasteiger partial charge in [0.25, 0.3) is 0 Å². The number of ether oxygens (including phenoxy) is 1. The average molecular weight is 236 g/mol. The van der Waals surface area contributed by atoms with E-state index in [4.69, 9.17) is 14.9 Å². The maximum Gasteiger partial charge on any atom is 0.306 e. The molecule has 1 atom stereocenters. The molecule has 4 heteroatoms. The van der Waals surface area contributed by atoms with Crippen molar-refractivity contribution in [2.75, 3.05) is 13.2 Å². The van der Waals surface area contributed by atoms with E-state index in [1.807, 2.05) is 30.3 Å². The molecule has 0 spiro atoms. The Bertz CT molecular complexity index is 359. The number of aliphatic carboxylic acids is 1. The van der Waals surface area contributed by atoms with Gasteiger partial charge in [0.1, 0.15) is 0 Å². The molecule has 17 heavy (non-hydrogen) atoms. The molecule has 2 N–H and O–H groups in total. The number of aliphatic hydroxyl groups excluding tert-OH is 1. The molecule has 0 aliphatic rings. The van der Waals surface area contributed by atoms with Crippen molar-refractivity contribution in [3.8, 4) is 0 Å². The van der Waals surface area contributed by atoms with Gasteiger partial charge in [-0.3, -0.25) is 4.79 Å². The number of hydrogen-bond donors (Lipinski definition) is 2. The van der Waals surface area contributed by atoms with Crippen LogP contribution < -0.4 is 0 Å². The minimum atomic E-state index is -0.898. The first kappa shape index (κ1) is 13.4. The Morgan fingerprint density at radius 3 is 2.59 bits per heavy atom. The van der Waals surface area contributed by atoms with Crippen LogP contribution in [0, 0.1) is 0 Å². The zero-order chi connectivity index (χ0) is 12.5. The second kappa shape index (κ2) is 7.60. The first-order valence-electron chi connectivity index (χ1n) is 5.38. The Morgan fingerprint density at radius 1 is 1.29 bits per heavy atom. The SMILES string of the molecule is O=C(O)CC(OC/C=C\CO)c1ccccc1. The summed E-state index contributed by atoms with van der Waals surface area (Å²) in [5.74, 6) is -0.898. The highest BCUT2D eigenvalue weighted by Gasteiger charge is 2.15. The minimum Gasteiger partial charge on any atom is -0.481 e.